The van der Waals surface area contributed by atoms with Crippen molar-refractivity contribution in [3.63, 3.8) is 0 Å². The van der Waals surface area contributed by atoms with Gasteiger partial charge in [0.1, 0.15) is 11.7 Å². The molecule has 1 aliphatic heterocycles. The summed E-state index contributed by atoms with van der Waals surface area (Å²) in [5.41, 5.74) is 0.00247. The first kappa shape index (κ1) is 14.7. The van der Waals surface area contributed by atoms with Crippen LogP contribution in [0.3, 0.4) is 0 Å². The minimum atomic E-state index is -1.04. The Bertz CT molecular complexity index is 540. The fourth-order valence-electron chi connectivity index (χ4n) is 1.86. The second-order valence-electron chi connectivity index (χ2n) is 4.31. The highest BCUT2D eigenvalue weighted by Gasteiger charge is 2.35. The van der Waals surface area contributed by atoms with Gasteiger partial charge in [0.25, 0.3) is 0 Å². The number of benzene rings is 1. The Kier molecular flexibility index (Phi) is 4.56. The molecular weight excluding hydrogens is 335 g/mol. The Hall–Kier alpha value is -1.67. The van der Waals surface area contributed by atoms with Crippen molar-refractivity contribution in [2.75, 3.05) is 18.5 Å². The zero-order chi connectivity index (χ0) is 14.7. The summed E-state index contributed by atoms with van der Waals surface area (Å²) in [5, 5.41) is 13.8. The molecule has 1 aromatic rings. The zero-order valence-electron chi connectivity index (χ0n) is 10.2. The highest BCUT2D eigenvalue weighted by atomic mass is 79.9. The lowest BCUT2D eigenvalue weighted by atomic mass is 10.0. The second kappa shape index (κ2) is 6.19. The van der Waals surface area contributed by atoms with E-state index in [0.29, 0.717) is 4.47 Å². The first-order chi connectivity index (χ1) is 9.47. The van der Waals surface area contributed by atoms with Gasteiger partial charge in [-0.1, -0.05) is 15.9 Å². The topological polar surface area (TPSA) is 87.7 Å². The van der Waals surface area contributed by atoms with Crippen molar-refractivity contribution in [3.05, 3.63) is 28.5 Å². The summed E-state index contributed by atoms with van der Waals surface area (Å²) in [6.45, 7) is 0.164. The third-order valence-corrected chi connectivity index (χ3v) is 3.38. The summed E-state index contributed by atoms with van der Waals surface area (Å²) >= 11 is 3.17. The Morgan fingerprint density at radius 3 is 2.85 bits per heavy atom. The lowest BCUT2D eigenvalue weighted by molar-refractivity contribution is -0.142. The van der Waals surface area contributed by atoms with E-state index in [-0.39, 0.29) is 18.9 Å². The van der Waals surface area contributed by atoms with Crippen molar-refractivity contribution in [3.8, 4) is 0 Å². The monoisotopic (exact) mass is 346 g/mol. The molecule has 108 valence electrons. The standard InChI is InChI=1S/C12H12BrFN2O4/c13-6-1-2-8(14)9(3-6)15-12(19)16-10-5-20-4-7(10)11(17)18/h1-3,7,10H,4-5H2,(H,17,18)(H2,15,16,19). The number of urea groups is 1. The molecule has 0 radical (unpaired) electrons. The summed E-state index contributed by atoms with van der Waals surface area (Å²) in [5.74, 6) is -2.42. The molecule has 1 aliphatic rings. The first-order valence-electron chi connectivity index (χ1n) is 5.80. The number of aliphatic carboxylic acids is 1. The molecule has 2 unspecified atom stereocenters. The summed E-state index contributed by atoms with van der Waals surface area (Å²) in [6, 6.07) is 2.81. The lowest BCUT2D eigenvalue weighted by Crippen LogP contribution is -2.44. The normalized spacial score (nSPS) is 21.5. The van der Waals surface area contributed by atoms with Gasteiger partial charge in [0.05, 0.1) is 24.9 Å². The van der Waals surface area contributed by atoms with E-state index < -0.39 is 29.8 Å². The van der Waals surface area contributed by atoms with Crippen LogP contribution < -0.4 is 10.6 Å². The maximum absolute atomic E-state index is 13.5. The molecule has 6 nitrogen and oxygen atoms in total. The number of nitrogens with one attached hydrogen (secondary N) is 2. The SMILES string of the molecule is O=C(Nc1cc(Br)ccc1F)NC1COCC1C(=O)O. The number of ether oxygens (including phenoxy) is 1. The van der Waals surface area contributed by atoms with Crippen molar-refractivity contribution >= 4 is 33.6 Å². The number of amides is 2. The molecule has 1 heterocycles. The average molecular weight is 347 g/mol. The Morgan fingerprint density at radius 1 is 1.40 bits per heavy atom. The van der Waals surface area contributed by atoms with Crippen LogP contribution in [0.1, 0.15) is 0 Å². The van der Waals surface area contributed by atoms with Crippen molar-refractivity contribution in [2.24, 2.45) is 5.92 Å². The van der Waals surface area contributed by atoms with E-state index in [0.717, 1.165) is 0 Å². The first-order valence-corrected chi connectivity index (χ1v) is 6.60. The van der Waals surface area contributed by atoms with Gasteiger partial charge in [-0.2, -0.15) is 0 Å². The number of anilines is 1. The van der Waals surface area contributed by atoms with Crippen LogP contribution in [0.4, 0.5) is 14.9 Å². The number of carboxylic acids is 1. The van der Waals surface area contributed by atoms with Crippen LogP contribution >= 0.6 is 15.9 Å². The van der Waals surface area contributed by atoms with Crippen LogP contribution in [0, 0.1) is 11.7 Å². The number of carboxylic acid groups (broad SMARTS) is 1. The number of halogens is 2. The van der Waals surface area contributed by atoms with Gasteiger partial charge >= 0.3 is 12.0 Å². The van der Waals surface area contributed by atoms with E-state index in [4.69, 9.17) is 9.84 Å². The largest absolute Gasteiger partial charge is 0.481 e. The van der Waals surface area contributed by atoms with Crippen LogP contribution in [0.25, 0.3) is 0 Å². The molecule has 2 rings (SSSR count). The van der Waals surface area contributed by atoms with E-state index in [9.17, 15) is 14.0 Å². The van der Waals surface area contributed by atoms with Crippen molar-refractivity contribution in [1.29, 1.82) is 0 Å². The molecule has 0 aliphatic carbocycles. The predicted molar refractivity (Wildman–Crippen MR) is 72.0 cm³/mol. The van der Waals surface area contributed by atoms with Crippen LogP contribution in [-0.4, -0.2) is 36.4 Å². The Morgan fingerprint density at radius 2 is 2.15 bits per heavy atom. The fourth-order valence-corrected chi connectivity index (χ4v) is 2.22. The minimum absolute atomic E-state index is 0.00247. The van der Waals surface area contributed by atoms with Gasteiger partial charge in [-0.3, -0.25) is 4.79 Å². The van der Waals surface area contributed by atoms with Gasteiger partial charge in [-0.05, 0) is 18.2 Å². The van der Waals surface area contributed by atoms with E-state index in [1.54, 1.807) is 0 Å². The predicted octanol–water partition coefficient (Wildman–Crippen LogP) is 1.81. The fraction of sp³-hybridized carbons (Fsp3) is 0.333. The highest BCUT2D eigenvalue weighted by molar-refractivity contribution is 9.10. The molecule has 2 amide bonds. The van der Waals surface area contributed by atoms with E-state index in [1.165, 1.54) is 18.2 Å². The maximum Gasteiger partial charge on any atom is 0.319 e. The van der Waals surface area contributed by atoms with Gasteiger partial charge in [-0.15, -0.1) is 0 Å². The van der Waals surface area contributed by atoms with Gasteiger partial charge in [0.2, 0.25) is 0 Å². The molecule has 20 heavy (non-hydrogen) atoms. The van der Waals surface area contributed by atoms with Gasteiger partial charge < -0.3 is 20.5 Å². The molecule has 1 saturated heterocycles. The van der Waals surface area contributed by atoms with E-state index in [2.05, 4.69) is 26.6 Å². The van der Waals surface area contributed by atoms with Crippen molar-refractivity contribution in [1.82, 2.24) is 5.32 Å². The number of carbonyl (C=O) groups excluding carboxylic acids is 1. The third kappa shape index (κ3) is 3.45. The molecule has 0 bridgehead atoms. The van der Waals surface area contributed by atoms with Crippen molar-refractivity contribution < 1.29 is 23.8 Å². The van der Waals surface area contributed by atoms with E-state index >= 15 is 0 Å². The molecule has 0 aromatic heterocycles. The maximum atomic E-state index is 13.5. The summed E-state index contributed by atoms with van der Waals surface area (Å²) in [7, 11) is 0. The van der Waals surface area contributed by atoms with Gasteiger partial charge in [0.15, 0.2) is 0 Å². The molecule has 1 fully saturated rings. The van der Waals surface area contributed by atoms with E-state index in [1.807, 2.05) is 0 Å². The number of carbonyl (C=O) groups is 2. The molecule has 2 atom stereocenters. The summed E-state index contributed by atoms with van der Waals surface area (Å²) in [4.78, 5) is 22.7. The van der Waals surface area contributed by atoms with Crippen LogP contribution in [0.5, 0.6) is 0 Å². The minimum Gasteiger partial charge on any atom is -0.481 e. The van der Waals surface area contributed by atoms with Crippen molar-refractivity contribution in [2.45, 2.75) is 6.04 Å². The molecular formula is C12H12BrFN2O4. The number of hydrogen-bond acceptors (Lipinski definition) is 3. The Labute approximate surface area is 122 Å². The average Bonchev–Trinajstić information content (AvgIpc) is 2.82. The molecule has 8 heteroatoms. The third-order valence-electron chi connectivity index (χ3n) is 2.89. The molecule has 0 saturated carbocycles. The van der Waals surface area contributed by atoms with Gasteiger partial charge in [0, 0.05) is 4.47 Å². The summed E-state index contributed by atoms with van der Waals surface area (Å²) in [6.07, 6.45) is 0. The molecule has 3 N–H and O–H groups in total. The highest BCUT2D eigenvalue weighted by Crippen LogP contribution is 2.20. The Balaban J connectivity index is 1.99. The van der Waals surface area contributed by atoms with Crippen LogP contribution in [0.2, 0.25) is 0 Å². The van der Waals surface area contributed by atoms with Gasteiger partial charge in [-0.25, -0.2) is 9.18 Å². The number of rotatable bonds is 3. The van der Waals surface area contributed by atoms with Crippen LogP contribution in [-0.2, 0) is 9.53 Å². The second-order valence-corrected chi connectivity index (χ2v) is 5.23. The quantitative estimate of drug-likeness (QED) is 0.778. The lowest BCUT2D eigenvalue weighted by Gasteiger charge is -2.16. The molecule has 1 aromatic carbocycles. The van der Waals surface area contributed by atoms with Crippen LogP contribution in [0.15, 0.2) is 22.7 Å². The smallest absolute Gasteiger partial charge is 0.319 e. The zero-order valence-corrected chi connectivity index (χ0v) is 11.8. The number of hydrogen-bond donors (Lipinski definition) is 3. The summed E-state index contributed by atoms with van der Waals surface area (Å²) < 4.78 is 19.1. The molecule has 0 spiro atoms.